The lowest BCUT2D eigenvalue weighted by molar-refractivity contribution is 0.408. The van der Waals surface area contributed by atoms with Crippen LogP contribution in [0.15, 0.2) is 12.1 Å². The van der Waals surface area contributed by atoms with Crippen molar-refractivity contribution < 1.29 is 9.47 Å². The average Bonchev–Trinajstić information content (AvgIpc) is 2.61. The SMILES string of the molecule is COc1ccc(OC)c2c1nc1n2CCCCC1. The maximum atomic E-state index is 5.48. The molecular weight excluding hydrogens is 228 g/mol. The molecule has 4 heteroatoms. The smallest absolute Gasteiger partial charge is 0.146 e. The van der Waals surface area contributed by atoms with Crippen LogP contribution < -0.4 is 9.47 Å². The number of hydrogen-bond acceptors (Lipinski definition) is 3. The highest BCUT2D eigenvalue weighted by atomic mass is 16.5. The van der Waals surface area contributed by atoms with Gasteiger partial charge in [-0.25, -0.2) is 4.98 Å². The van der Waals surface area contributed by atoms with E-state index >= 15 is 0 Å². The van der Waals surface area contributed by atoms with Crippen molar-refractivity contribution in [3.8, 4) is 11.5 Å². The summed E-state index contributed by atoms with van der Waals surface area (Å²) in [6, 6.07) is 3.88. The first kappa shape index (κ1) is 11.4. The van der Waals surface area contributed by atoms with Gasteiger partial charge in [0.05, 0.1) is 14.2 Å². The Labute approximate surface area is 107 Å². The zero-order valence-electron chi connectivity index (χ0n) is 10.9. The fourth-order valence-electron chi connectivity index (χ4n) is 2.72. The molecule has 0 N–H and O–H groups in total. The van der Waals surface area contributed by atoms with Gasteiger partial charge in [0.1, 0.15) is 28.4 Å². The predicted octanol–water partition coefficient (Wildman–Crippen LogP) is 2.78. The lowest BCUT2D eigenvalue weighted by atomic mass is 10.2. The Morgan fingerprint density at radius 1 is 1.06 bits per heavy atom. The molecule has 96 valence electrons. The number of imidazole rings is 1. The molecule has 18 heavy (non-hydrogen) atoms. The standard InChI is InChI=1S/C14H18N2O2/c1-17-10-7-8-11(18-2)14-13(10)15-12-6-4-3-5-9-16(12)14/h7-8H,3-6,9H2,1-2H3. The average molecular weight is 246 g/mol. The van der Waals surface area contributed by atoms with Crippen molar-refractivity contribution in [2.24, 2.45) is 0 Å². The van der Waals surface area contributed by atoms with Gasteiger partial charge in [0.25, 0.3) is 0 Å². The minimum absolute atomic E-state index is 0.825. The number of benzene rings is 1. The molecule has 0 saturated heterocycles. The molecule has 2 aromatic rings. The normalized spacial score (nSPS) is 15.2. The number of nitrogens with zero attached hydrogens (tertiary/aromatic N) is 2. The Hall–Kier alpha value is -1.71. The van der Waals surface area contributed by atoms with Gasteiger partial charge in [-0.2, -0.15) is 0 Å². The summed E-state index contributed by atoms with van der Waals surface area (Å²) in [5.41, 5.74) is 2.00. The van der Waals surface area contributed by atoms with E-state index in [2.05, 4.69) is 4.57 Å². The van der Waals surface area contributed by atoms with Gasteiger partial charge in [0, 0.05) is 13.0 Å². The third kappa shape index (κ3) is 1.64. The Morgan fingerprint density at radius 3 is 2.61 bits per heavy atom. The summed E-state index contributed by atoms with van der Waals surface area (Å²) in [5, 5.41) is 0. The van der Waals surface area contributed by atoms with Gasteiger partial charge in [0.2, 0.25) is 0 Å². The van der Waals surface area contributed by atoms with Gasteiger partial charge in [-0.15, -0.1) is 0 Å². The molecule has 2 heterocycles. The molecule has 1 aliphatic rings. The molecule has 1 aliphatic heterocycles. The number of rotatable bonds is 2. The van der Waals surface area contributed by atoms with Crippen molar-refractivity contribution in [2.45, 2.75) is 32.2 Å². The topological polar surface area (TPSA) is 36.3 Å². The number of fused-ring (bicyclic) bond motifs is 3. The largest absolute Gasteiger partial charge is 0.494 e. The van der Waals surface area contributed by atoms with E-state index < -0.39 is 0 Å². The molecule has 0 radical (unpaired) electrons. The second-order valence-corrected chi connectivity index (χ2v) is 4.66. The number of aryl methyl sites for hydroxylation is 2. The number of hydrogen-bond donors (Lipinski definition) is 0. The van der Waals surface area contributed by atoms with Crippen LogP contribution in [0.1, 0.15) is 25.1 Å². The van der Waals surface area contributed by atoms with Gasteiger partial charge in [-0.3, -0.25) is 0 Å². The summed E-state index contributed by atoms with van der Waals surface area (Å²) < 4.78 is 13.2. The summed E-state index contributed by atoms with van der Waals surface area (Å²) in [7, 11) is 3.39. The molecule has 0 spiro atoms. The first-order valence-electron chi connectivity index (χ1n) is 6.45. The summed E-state index contributed by atoms with van der Waals surface area (Å²) in [4.78, 5) is 4.75. The summed E-state index contributed by atoms with van der Waals surface area (Å²) in [6.45, 7) is 1.02. The van der Waals surface area contributed by atoms with Crippen LogP contribution in [0.2, 0.25) is 0 Å². The molecule has 3 rings (SSSR count). The fraction of sp³-hybridized carbons (Fsp3) is 0.500. The van der Waals surface area contributed by atoms with Crippen molar-refractivity contribution in [1.82, 2.24) is 9.55 Å². The zero-order chi connectivity index (χ0) is 12.5. The summed E-state index contributed by atoms with van der Waals surface area (Å²) >= 11 is 0. The molecule has 0 aliphatic carbocycles. The maximum absolute atomic E-state index is 5.48. The van der Waals surface area contributed by atoms with Gasteiger partial charge < -0.3 is 14.0 Å². The second-order valence-electron chi connectivity index (χ2n) is 4.66. The highest BCUT2D eigenvalue weighted by molar-refractivity contribution is 5.88. The first-order chi connectivity index (χ1) is 8.85. The van der Waals surface area contributed by atoms with E-state index in [1.54, 1.807) is 14.2 Å². The van der Waals surface area contributed by atoms with E-state index in [9.17, 15) is 0 Å². The van der Waals surface area contributed by atoms with Gasteiger partial charge >= 0.3 is 0 Å². The minimum atomic E-state index is 0.825. The van der Waals surface area contributed by atoms with E-state index in [1.807, 2.05) is 12.1 Å². The van der Waals surface area contributed by atoms with E-state index in [0.717, 1.165) is 41.3 Å². The quantitative estimate of drug-likeness (QED) is 0.817. The molecule has 0 unspecified atom stereocenters. The molecule has 0 fully saturated rings. The Bertz CT molecular complexity index is 575. The summed E-state index contributed by atoms with van der Waals surface area (Å²) in [5.74, 6) is 2.86. The molecule has 0 amide bonds. The molecule has 0 saturated carbocycles. The van der Waals surface area contributed by atoms with Crippen LogP contribution in [0, 0.1) is 0 Å². The van der Waals surface area contributed by atoms with E-state index in [0.29, 0.717) is 0 Å². The minimum Gasteiger partial charge on any atom is -0.494 e. The van der Waals surface area contributed by atoms with Crippen molar-refractivity contribution in [3.63, 3.8) is 0 Å². The van der Waals surface area contributed by atoms with Crippen LogP contribution in [0.25, 0.3) is 11.0 Å². The Kier molecular flexibility index (Phi) is 2.86. The van der Waals surface area contributed by atoms with Crippen molar-refractivity contribution in [1.29, 1.82) is 0 Å². The van der Waals surface area contributed by atoms with E-state index in [1.165, 1.54) is 19.3 Å². The molecule has 0 bridgehead atoms. The highest BCUT2D eigenvalue weighted by Gasteiger charge is 2.19. The highest BCUT2D eigenvalue weighted by Crippen LogP contribution is 2.34. The zero-order valence-corrected chi connectivity index (χ0v) is 10.9. The summed E-state index contributed by atoms with van der Waals surface area (Å²) in [6.07, 6.45) is 4.74. The van der Waals surface area contributed by atoms with Crippen LogP contribution >= 0.6 is 0 Å². The third-order valence-electron chi connectivity index (χ3n) is 3.62. The number of aromatic nitrogens is 2. The van der Waals surface area contributed by atoms with Crippen molar-refractivity contribution in [2.75, 3.05) is 14.2 Å². The van der Waals surface area contributed by atoms with Crippen molar-refractivity contribution >= 4 is 11.0 Å². The monoisotopic (exact) mass is 246 g/mol. The van der Waals surface area contributed by atoms with Crippen molar-refractivity contribution in [3.05, 3.63) is 18.0 Å². The van der Waals surface area contributed by atoms with Crippen LogP contribution in [0.3, 0.4) is 0 Å². The second kappa shape index (κ2) is 4.52. The van der Waals surface area contributed by atoms with Gasteiger partial charge in [-0.05, 0) is 25.0 Å². The van der Waals surface area contributed by atoms with Crippen LogP contribution in [-0.2, 0) is 13.0 Å². The molecular formula is C14H18N2O2. The van der Waals surface area contributed by atoms with Crippen LogP contribution in [0.5, 0.6) is 11.5 Å². The number of methoxy groups -OCH3 is 2. The lowest BCUT2D eigenvalue weighted by Gasteiger charge is -2.09. The first-order valence-corrected chi connectivity index (χ1v) is 6.45. The predicted molar refractivity (Wildman–Crippen MR) is 70.4 cm³/mol. The molecule has 1 aromatic carbocycles. The Morgan fingerprint density at radius 2 is 1.83 bits per heavy atom. The molecule has 1 aromatic heterocycles. The third-order valence-corrected chi connectivity index (χ3v) is 3.62. The van der Waals surface area contributed by atoms with Gasteiger partial charge in [-0.1, -0.05) is 6.42 Å². The fourth-order valence-corrected chi connectivity index (χ4v) is 2.72. The van der Waals surface area contributed by atoms with Crippen LogP contribution in [-0.4, -0.2) is 23.8 Å². The van der Waals surface area contributed by atoms with E-state index in [-0.39, 0.29) is 0 Å². The molecule has 0 atom stereocenters. The lowest BCUT2D eigenvalue weighted by Crippen LogP contribution is -2.01. The maximum Gasteiger partial charge on any atom is 0.146 e. The number of ether oxygens (including phenoxy) is 2. The Balaban J connectivity index is 2.29. The molecule has 4 nitrogen and oxygen atoms in total. The van der Waals surface area contributed by atoms with E-state index in [4.69, 9.17) is 14.5 Å². The van der Waals surface area contributed by atoms with Gasteiger partial charge in [0.15, 0.2) is 0 Å². The van der Waals surface area contributed by atoms with Crippen LogP contribution in [0.4, 0.5) is 0 Å².